The summed E-state index contributed by atoms with van der Waals surface area (Å²) in [4.78, 5) is 24.9. The minimum atomic E-state index is -3.71. The highest BCUT2D eigenvalue weighted by atomic mass is 32.2. The van der Waals surface area contributed by atoms with E-state index in [9.17, 15) is 18.0 Å². The van der Waals surface area contributed by atoms with Gasteiger partial charge in [-0.25, -0.2) is 13.1 Å². The van der Waals surface area contributed by atoms with Gasteiger partial charge in [0.1, 0.15) is 0 Å². The highest BCUT2D eigenvalue weighted by molar-refractivity contribution is 7.89. The zero-order valence-electron chi connectivity index (χ0n) is 13.0. The molecule has 1 aromatic rings. The van der Waals surface area contributed by atoms with Crippen molar-refractivity contribution >= 4 is 21.8 Å². The lowest BCUT2D eigenvalue weighted by molar-refractivity contribution is -0.133. The first-order valence-electron chi connectivity index (χ1n) is 7.43. The summed E-state index contributed by atoms with van der Waals surface area (Å²) in [6.45, 7) is 2.34. The second-order valence-corrected chi connectivity index (χ2v) is 7.47. The van der Waals surface area contributed by atoms with Gasteiger partial charge in [-0.3, -0.25) is 9.59 Å². The van der Waals surface area contributed by atoms with E-state index in [1.54, 1.807) is 30.0 Å². The van der Waals surface area contributed by atoms with Crippen LogP contribution in [-0.2, 0) is 19.6 Å². The van der Waals surface area contributed by atoms with E-state index < -0.39 is 10.0 Å². The number of likely N-dealkylation sites (tertiary alicyclic amines) is 1. The van der Waals surface area contributed by atoms with Gasteiger partial charge in [-0.2, -0.15) is 0 Å². The topological polar surface area (TPSA) is 110 Å². The first-order chi connectivity index (χ1) is 10.8. The number of carbonyl (C=O) groups is 2. The molecular weight excluding hydrogens is 318 g/mol. The molecule has 0 unspecified atom stereocenters. The number of rotatable bonds is 5. The number of hydrogen-bond donors (Lipinski definition) is 2. The van der Waals surface area contributed by atoms with Gasteiger partial charge in [0.25, 0.3) is 0 Å². The van der Waals surface area contributed by atoms with E-state index in [1.165, 1.54) is 6.07 Å². The number of nitrogens with one attached hydrogen (secondary N) is 1. The Labute approximate surface area is 135 Å². The molecule has 2 amide bonds. The van der Waals surface area contributed by atoms with Crippen LogP contribution in [0, 0.1) is 12.8 Å². The van der Waals surface area contributed by atoms with Crippen LogP contribution < -0.4 is 10.5 Å². The molecule has 0 atom stereocenters. The van der Waals surface area contributed by atoms with Crippen LogP contribution in [0.25, 0.3) is 0 Å². The maximum Gasteiger partial charge on any atom is 0.241 e. The van der Waals surface area contributed by atoms with Crippen molar-refractivity contribution in [2.75, 3.05) is 19.6 Å². The van der Waals surface area contributed by atoms with Crippen LogP contribution in [0.5, 0.6) is 0 Å². The van der Waals surface area contributed by atoms with Crippen molar-refractivity contribution in [3.05, 3.63) is 29.8 Å². The number of nitrogens with two attached hydrogens (primary N) is 1. The molecule has 3 N–H and O–H groups in total. The summed E-state index contributed by atoms with van der Waals surface area (Å²) >= 11 is 0. The Morgan fingerprint density at radius 3 is 2.52 bits per heavy atom. The molecule has 1 aromatic carbocycles. The highest BCUT2D eigenvalue weighted by Crippen LogP contribution is 2.16. The highest BCUT2D eigenvalue weighted by Gasteiger charge is 2.26. The fourth-order valence-corrected chi connectivity index (χ4v) is 3.63. The molecule has 1 heterocycles. The normalized spacial score (nSPS) is 16.3. The summed E-state index contributed by atoms with van der Waals surface area (Å²) in [5, 5.41) is 0. The van der Waals surface area contributed by atoms with Crippen LogP contribution in [-0.4, -0.2) is 44.8 Å². The third-order valence-electron chi connectivity index (χ3n) is 3.96. The quantitative estimate of drug-likeness (QED) is 0.786. The van der Waals surface area contributed by atoms with Gasteiger partial charge in [-0.1, -0.05) is 12.1 Å². The Kier molecular flexibility index (Phi) is 5.38. The predicted molar refractivity (Wildman–Crippen MR) is 84.9 cm³/mol. The number of piperidine rings is 1. The van der Waals surface area contributed by atoms with Gasteiger partial charge in [0.2, 0.25) is 21.8 Å². The van der Waals surface area contributed by atoms with Crippen LogP contribution in [0.4, 0.5) is 0 Å². The Morgan fingerprint density at radius 2 is 1.96 bits per heavy atom. The van der Waals surface area contributed by atoms with Gasteiger partial charge < -0.3 is 10.6 Å². The van der Waals surface area contributed by atoms with Gasteiger partial charge in [0, 0.05) is 19.0 Å². The van der Waals surface area contributed by atoms with Crippen LogP contribution >= 0.6 is 0 Å². The molecule has 1 aliphatic heterocycles. The lowest BCUT2D eigenvalue weighted by atomic mass is 9.96. The van der Waals surface area contributed by atoms with Gasteiger partial charge >= 0.3 is 0 Å². The average Bonchev–Trinajstić information content (AvgIpc) is 2.53. The maximum absolute atomic E-state index is 12.2. The van der Waals surface area contributed by atoms with Crippen LogP contribution in [0.1, 0.15) is 18.4 Å². The lowest BCUT2D eigenvalue weighted by Crippen LogP contribution is -2.45. The minimum absolute atomic E-state index is 0.137. The molecule has 126 valence electrons. The van der Waals surface area contributed by atoms with Gasteiger partial charge in [0.15, 0.2) is 0 Å². The van der Waals surface area contributed by atoms with Crippen LogP contribution in [0.2, 0.25) is 0 Å². The van der Waals surface area contributed by atoms with Crippen molar-refractivity contribution < 1.29 is 18.0 Å². The number of hydrogen-bond acceptors (Lipinski definition) is 4. The predicted octanol–water partition coefficient (Wildman–Crippen LogP) is -0.00278. The zero-order chi connectivity index (χ0) is 17.0. The summed E-state index contributed by atoms with van der Waals surface area (Å²) in [6.07, 6.45) is 1.04. The fraction of sp³-hybridized carbons (Fsp3) is 0.467. The third kappa shape index (κ3) is 4.52. The van der Waals surface area contributed by atoms with E-state index in [-0.39, 0.29) is 29.2 Å². The molecule has 1 aliphatic rings. The van der Waals surface area contributed by atoms with Gasteiger partial charge in [-0.05, 0) is 37.5 Å². The maximum atomic E-state index is 12.2. The summed E-state index contributed by atoms with van der Waals surface area (Å²) in [5.74, 6) is -0.857. The zero-order valence-corrected chi connectivity index (χ0v) is 13.8. The number of benzene rings is 1. The average molecular weight is 339 g/mol. The second kappa shape index (κ2) is 7.10. The monoisotopic (exact) mass is 339 g/mol. The van der Waals surface area contributed by atoms with E-state index in [0.717, 1.165) is 5.56 Å². The molecule has 0 saturated carbocycles. The standard InChI is InChI=1S/C15H21N3O4S/c1-11-3-2-4-13(9-11)23(21,22)17-10-14(19)18-7-5-12(6-8-18)15(16)20/h2-4,9,12,17H,5-8,10H2,1H3,(H2,16,20). The first-order valence-corrected chi connectivity index (χ1v) is 8.91. The molecule has 0 aromatic heterocycles. The SMILES string of the molecule is Cc1cccc(S(=O)(=O)NCC(=O)N2CCC(C(N)=O)CC2)c1. The van der Waals surface area contributed by atoms with E-state index in [1.807, 2.05) is 0 Å². The fourth-order valence-electron chi connectivity index (χ4n) is 2.55. The Balaban J connectivity index is 1.91. The van der Waals surface area contributed by atoms with Gasteiger partial charge in [-0.15, -0.1) is 0 Å². The Morgan fingerprint density at radius 1 is 1.30 bits per heavy atom. The largest absolute Gasteiger partial charge is 0.369 e. The molecule has 23 heavy (non-hydrogen) atoms. The van der Waals surface area contributed by atoms with Crippen molar-refractivity contribution in [1.82, 2.24) is 9.62 Å². The molecular formula is C15H21N3O4S. The van der Waals surface area contributed by atoms with Crippen LogP contribution in [0.3, 0.4) is 0 Å². The molecule has 1 fully saturated rings. The molecule has 0 radical (unpaired) electrons. The molecule has 1 saturated heterocycles. The number of amides is 2. The summed E-state index contributed by atoms with van der Waals surface area (Å²) in [5.41, 5.74) is 6.07. The summed E-state index contributed by atoms with van der Waals surface area (Å²) < 4.78 is 26.7. The Hall–Kier alpha value is -1.93. The number of carbonyl (C=O) groups excluding carboxylic acids is 2. The molecule has 2 rings (SSSR count). The number of sulfonamides is 1. The van der Waals surface area contributed by atoms with Crippen molar-refractivity contribution in [3.8, 4) is 0 Å². The van der Waals surface area contributed by atoms with Crippen molar-refractivity contribution in [2.45, 2.75) is 24.7 Å². The Bertz CT molecular complexity index is 694. The van der Waals surface area contributed by atoms with Crippen molar-refractivity contribution in [1.29, 1.82) is 0 Å². The summed E-state index contributed by atoms with van der Waals surface area (Å²) in [7, 11) is -3.71. The molecule has 7 nitrogen and oxygen atoms in total. The van der Waals surface area contributed by atoms with Crippen molar-refractivity contribution in [2.24, 2.45) is 11.7 Å². The van der Waals surface area contributed by atoms with E-state index in [0.29, 0.717) is 25.9 Å². The smallest absolute Gasteiger partial charge is 0.241 e. The second-order valence-electron chi connectivity index (χ2n) is 5.70. The van der Waals surface area contributed by atoms with Gasteiger partial charge in [0.05, 0.1) is 11.4 Å². The van der Waals surface area contributed by atoms with Crippen molar-refractivity contribution in [3.63, 3.8) is 0 Å². The van der Waals surface area contributed by atoms with Crippen LogP contribution in [0.15, 0.2) is 29.2 Å². The van der Waals surface area contributed by atoms with E-state index in [2.05, 4.69) is 4.72 Å². The summed E-state index contributed by atoms with van der Waals surface area (Å²) in [6, 6.07) is 6.48. The number of nitrogens with zero attached hydrogens (tertiary/aromatic N) is 1. The molecule has 0 bridgehead atoms. The third-order valence-corrected chi connectivity index (χ3v) is 5.36. The number of primary amides is 1. The molecule has 0 spiro atoms. The molecule has 0 aliphatic carbocycles. The van der Waals surface area contributed by atoms with E-state index >= 15 is 0 Å². The molecule has 8 heteroatoms. The first kappa shape index (κ1) is 17.4. The number of aryl methyl sites for hydroxylation is 1. The lowest BCUT2D eigenvalue weighted by Gasteiger charge is -2.30. The minimum Gasteiger partial charge on any atom is -0.369 e. The van der Waals surface area contributed by atoms with E-state index in [4.69, 9.17) is 5.73 Å².